The number of rotatable bonds is 11. The molecule has 5 heteroatoms. The number of hydrogen-bond acceptors (Lipinski definition) is 4. The van der Waals surface area contributed by atoms with Gasteiger partial charge in [-0.3, -0.25) is 0 Å². The quantitative estimate of drug-likeness (QED) is 0.208. The first-order valence-electron chi connectivity index (χ1n) is 17.2. The van der Waals surface area contributed by atoms with Crippen molar-refractivity contribution in [2.75, 3.05) is 13.2 Å². The first-order chi connectivity index (χ1) is 19.5. The van der Waals surface area contributed by atoms with Crippen LogP contribution < -0.4 is 4.43 Å². The van der Waals surface area contributed by atoms with Crippen LogP contribution in [-0.4, -0.2) is 39.0 Å². The highest BCUT2D eigenvalue weighted by molar-refractivity contribution is 6.74. The Kier molecular flexibility index (Phi) is 10.0. The maximum absolute atomic E-state index is 11.6. The van der Waals surface area contributed by atoms with Crippen LogP contribution in [0.25, 0.3) is 0 Å². The molecule has 4 aliphatic rings. The average molecular weight is 585 g/mol. The van der Waals surface area contributed by atoms with E-state index in [1.807, 2.05) is 0 Å². The summed E-state index contributed by atoms with van der Waals surface area (Å²) in [6, 6.07) is 7.05. The molecule has 5 rings (SSSR count). The number of benzene rings is 1. The second kappa shape index (κ2) is 13.0. The van der Waals surface area contributed by atoms with E-state index in [-0.39, 0.29) is 22.8 Å². The van der Waals surface area contributed by atoms with Crippen molar-refractivity contribution in [2.45, 2.75) is 154 Å². The third-order valence-corrected chi connectivity index (χ3v) is 16.5. The zero-order valence-electron chi connectivity index (χ0n) is 27.2. The van der Waals surface area contributed by atoms with Crippen LogP contribution in [0.15, 0.2) is 18.2 Å². The summed E-state index contributed by atoms with van der Waals surface area (Å²) in [6.07, 6.45) is 16.9. The van der Waals surface area contributed by atoms with Crippen molar-refractivity contribution < 1.29 is 19.0 Å². The van der Waals surface area contributed by atoms with E-state index in [1.54, 1.807) is 5.56 Å². The predicted molar refractivity (Wildman–Crippen MR) is 171 cm³/mol. The first kappa shape index (κ1) is 31.5. The predicted octanol–water partition coefficient (Wildman–Crippen LogP) is 9.40. The zero-order valence-corrected chi connectivity index (χ0v) is 28.2. The summed E-state index contributed by atoms with van der Waals surface area (Å²) in [5, 5.41) is 11.8. The number of aryl methyl sites for hydroxylation is 1. The first-order valence-corrected chi connectivity index (χ1v) is 20.1. The molecule has 0 amide bonds. The highest BCUT2D eigenvalue weighted by Gasteiger charge is 2.57. The number of aliphatic hydroxyl groups is 1. The molecule has 1 aliphatic heterocycles. The zero-order chi connectivity index (χ0) is 29.3. The highest BCUT2D eigenvalue weighted by Crippen LogP contribution is 2.63. The number of ether oxygens (including phenoxy) is 2. The van der Waals surface area contributed by atoms with Crippen LogP contribution in [0.1, 0.15) is 128 Å². The van der Waals surface area contributed by atoms with Gasteiger partial charge < -0.3 is 19.0 Å². The van der Waals surface area contributed by atoms with Gasteiger partial charge in [0, 0.05) is 13.2 Å². The molecule has 0 spiro atoms. The molecule has 1 saturated heterocycles. The Balaban J connectivity index is 1.10. The molecule has 232 valence electrons. The molecule has 2 saturated carbocycles. The summed E-state index contributed by atoms with van der Waals surface area (Å²) in [5.74, 6) is 3.61. The van der Waals surface area contributed by atoms with E-state index in [9.17, 15) is 5.11 Å². The third-order valence-electron chi connectivity index (χ3n) is 12.2. The van der Waals surface area contributed by atoms with E-state index >= 15 is 0 Å². The molecule has 1 aromatic rings. The van der Waals surface area contributed by atoms with Gasteiger partial charge in [-0.05, 0) is 135 Å². The Hall–Kier alpha value is -0.883. The lowest BCUT2D eigenvalue weighted by Gasteiger charge is -2.50. The van der Waals surface area contributed by atoms with Crippen molar-refractivity contribution in [1.29, 1.82) is 0 Å². The molecular weight excluding hydrogens is 524 g/mol. The van der Waals surface area contributed by atoms with E-state index in [1.165, 1.54) is 76.2 Å². The molecule has 1 N–H and O–H groups in total. The van der Waals surface area contributed by atoms with E-state index in [2.05, 4.69) is 59.0 Å². The van der Waals surface area contributed by atoms with Crippen LogP contribution in [0.2, 0.25) is 18.1 Å². The van der Waals surface area contributed by atoms with E-state index in [0.29, 0.717) is 17.8 Å². The molecule has 0 bridgehead atoms. The molecule has 3 fully saturated rings. The summed E-state index contributed by atoms with van der Waals surface area (Å²) in [4.78, 5) is 0. The van der Waals surface area contributed by atoms with Gasteiger partial charge in [0.2, 0.25) is 8.32 Å². The average Bonchev–Trinajstić information content (AvgIpc) is 3.19. The lowest BCUT2D eigenvalue weighted by molar-refractivity contribution is -0.162. The van der Waals surface area contributed by atoms with Crippen LogP contribution in [-0.2, 0) is 15.9 Å². The number of hydrogen-bond donors (Lipinski definition) is 1. The number of unbranched alkanes of at least 4 members (excludes halogenated alkanes) is 4. The van der Waals surface area contributed by atoms with Crippen molar-refractivity contribution in [2.24, 2.45) is 23.2 Å². The summed E-state index contributed by atoms with van der Waals surface area (Å²) < 4.78 is 18.2. The number of aliphatic hydroxyl groups excluding tert-OH is 1. The molecule has 3 aliphatic carbocycles. The van der Waals surface area contributed by atoms with Gasteiger partial charge in [-0.2, -0.15) is 0 Å². The summed E-state index contributed by atoms with van der Waals surface area (Å²) >= 11 is 0. The third kappa shape index (κ3) is 6.94. The molecule has 1 heterocycles. The Labute approximate surface area is 252 Å². The summed E-state index contributed by atoms with van der Waals surface area (Å²) in [6.45, 7) is 15.8. The van der Waals surface area contributed by atoms with Gasteiger partial charge in [-0.15, -0.1) is 0 Å². The second-order valence-electron chi connectivity index (χ2n) is 15.8. The maximum Gasteiger partial charge on any atom is 0.250 e. The van der Waals surface area contributed by atoms with Gasteiger partial charge in [0.25, 0.3) is 0 Å². The Morgan fingerprint density at radius 2 is 1.80 bits per heavy atom. The minimum Gasteiger partial charge on any atom is -0.543 e. The molecular formula is C36H60O4Si. The topological polar surface area (TPSA) is 47.9 Å². The number of fused-ring (bicyclic) bond motifs is 5. The maximum atomic E-state index is 11.6. The minimum atomic E-state index is -1.84. The fourth-order valence-corrected chi connectivity index (χ4v) is 9.62. The standard InChI is InChI=1S/C36H60O4Si/c1-35(2,3)41(5,6)40-28-17-19-29-26(24-28)16-18-31-30(29)20-21-36(4)32(31)25-27(34(36)37)14-10-8-7-9-12-22-38-33-15-11-13-23-39-33/h17,19,24,27,30-34,37H,7-16,18,20-23,25H2,1-6H3/t27-,30+,31+,32-,33?,34-,36-/m0/s1. The molecule has 1 aromatic carbocycles. The normalized spacial score (nSPS) is 33.6. The minimum absolute atomic E-state index is 0.0496. The van der Waals surface area contributed by atoms with E-state index in [0.717, 1.165) is 44.1 Å². The molecule has 1 unspecified atom stereocenters. The van der Waals surface area contributed by atoms with Crippen LogP contribution in [0, 0.1) is 23.2 Å². The molecule has 0 aromatic heterocycles. The Morgan fingerprint density at radius 1 is 1.02 bits per heavy atom. The fraction of sp³-hybridized carbons (Fsp3) is 0.833. The summed E-state index contributed by atoms with van der Waals surface area (Å²) in [7, 11) is -1.84. The van der Waals surface area contributed by atoms with Crippen molar-refractivity contribution in [1.82, 2.24) is 0 Å². The molecule has 41 heavy (non-hydrogen) atoms. The SMILES string of the molecule is CC(C)(C)[Si](C)(C)Oc1ccc2c(c1)CC[C@@H]1[C@@H]2CC[C@]2(C)[C@@H](O)[C@@H](CCCCCCCOC3CCCCO3)C[C@@H]12. The Bertz CT molecular complexity index is 996. The van der Waals surface area contributed by atoms with Gasteiger partial charge in [0.15, 0.2) is 6.29 Å². The monoisotopic (exact) mass is 584 g/mol. The van der Waals surface area contributed by atoms with Crippen LogP contribution >= 0.6 is 0 Å². The summed E-state index contributed by atoms with van der Waals surface area (Å²) in [5.41, 5.74) is 3.22. The molecule has 0 radical (unpaired) electrons. The van der Waals surface area contributed by atoms with E-state index < -0.39 is 8.32 Å². The second-order valence-corrected chi connectivity index (χ2v) is 20.6. The van der Waals surface area contributed by atoms with Gasteiger partial charge in [-0.1, -0.05) is 59.4 Å². The fourth-order valence-electron chi connectivity index (χ4n) is 8.59. The highest BCUT2D eigenvalue weighted by atomic mass is 28.4. The van der Waals surface area contributed by atoms with Crippen LogP contribution in [0.5, 0.6) is 5.75 Å². The molecule has 7 atom stereocenters. The van der Waals surface area contributed by atoms with Gasteiger partial charge in [0.05, 0.1) is 6.10 Å². The van der Waals surface area contributed by atoms with E-state index in [4.69, 9.17) is 13.9 Å². The Morgan fingerprint density at radius 3 is 2.56 bits per heavy atom. The van der Waals surface area contributed by atoms with Crippen molar-refractivity contribution in [3.8, 4) is 5.75 Å². The largest absolute Gasteiger partial charge is 0.543 e. The van der Waals surface area contributed by atoms with Gasteiger partial charge >= 0.3 is 0 Å². The van der Waals surface area contributed by atoms with Crippen molar-refractivity contribution >= 4 is 8.32 Å². The van der Waals surface area contributed by atoms with Crippen molar-refractivity contribution in [3.63, 3.8) is 0 Å². The lowest BCUT2D eigenvalue weighted by Crippen LogP contribution is -2.44. The van der Waals surface area contributed by atoms with Gasteiger partial charge in [-0.25, -0.2) is 0 Å². The van der Waals surface area contributed by atoms with Crippen LogP contribution in [0.4, 0.5) is 0 Å². The van der Waals surface area contributed by atoms with Gasteiger partial charge in [0.1, 0.15) is 5.75 Å². The van der Waals surface area contributed by atoms with Crippen molar-refractivity contribution in [3.05, 3.63) is 29.3 Å². The molecule has 4 nitrogen and oxygen atoms in total. The smallest absolute Gasteiger partial charge is 0.250 e. The van der Waals surface area contributed by atoms with Crippen LogP contribution in [0.3, 0.4) is 0 Å². The lowest BCUT2D eigenvalue weighted by atomic mass is 9.55.